The topological polar surface area (TPSA) is 41.1 Å². The molecule has 3 heteroatoms. The molecule has 0 aromatic heterocycles. The maximum absolute atomic E-state index is 12.1. The number of aryl methyl sites for hydroxylation is 1. The van der Waals surface area contributed by atoms with E-state index in [-0.39, 0.29) is 5.91 Å². The molecule has 1 aliphatic rings. The Kier molecular flexibility index (Phi) is 4.24. The van der Waals surface area contributed by atoms with Gasteiger partial charge in [-0.15, -0.1) is 0 Å². The lowest BCUT2D eigenvalue weighted by atomic mass is 10.1. The number of hydrogen-bond acceptors (Lipinski definition) is 2. The molecule has 3 nitrogen and oxygen atoms in total. The summed E-state index contributed by atoms with van der Waals surface area (Å²) in [5.74, 6) is 0.743. The van der Waals surface area contributed by atoms with Gasteiger partial charge in [-0.1, -0.05) is 12.8 Å². The summed E-state index contributed by atoms with van der Waals surface area (Å²) in [6.07, 6.45) is 5.16. The van der Waals surface area contributed by atoms with Gasteiger partial charge in [0.1, 0.15) is 0 Å². The van der Waals surface area contributed by atoms with Crippen LogP contribution in [0.5, 0.6) is 0 Å². The average Bonchev–Trinajstić information content (AvgIpc) is 2.88. The zero-order valence-electron chi connectivity index (χ0n) is 11.3. The summed E-state index contributed by atoms with van der Waals surface area (Å²) in [6, 6.07) is 5.84. The fourth-order valence-corrected chi connectivity index (χ4v) is 2.62. The molecule has 0 atom stereocenters. The molecule has 18 heavy (non-hydrogen) atoms. The second-order valence-corrected chi connectivity index (χ2v) is 5.14. The third-order valence-electron chi connectivity index (χ3n) is 3.79. The molecule has 0 spiro atoms. The lowest BCUT2D eigenvalue weighted by Gasteiger charge is -2.12. The maximum Gasteiger partial charge on any atom is 0.251 e. The first-order chi connectivity index (χ1) is 8.70. The summed E-state index contributed by atoms with van der Waals surface area (Å²) < 4.78 is 0. The number of hydrogen-bond donors (Lipinski definition) is 2. The number of carbonyl (C=O) groups excluding carboxylic acids is 1. The molecule has 1 saturated carbocycles. The van der Waals surface area contributed by atoms with Crippen LogP contribution in [0.15, 0.2) is 18.2 Å². The fraction of sp³-hybridized carbons (Fsp3) is 0.533. The summed E-state index contributed by atoms with van der Waals surface area (Å²) in [4.78, 5) is 12.1. The maximum atomic E-state index is 12.1. The SMILES string of the molecule is CNc1ccc(C(=O)NCC2CCCC2)c(C)c1. The van der Waals surface area contributed by atoms with Crippen LogP contribution in [0.4, 0.5) is 5.69 Å². The highest BCUT2D eigenvalue weighted by Gasteiger charge is 2.16. The van der Waals surface area contributed by atoms with E-state index >= 15 is 0 Å². The number of amides is 1. The standard InChI is InChI=1S/C15H22N2O/c1-11-9-13(16-2)7-8-14(11)15(18)17-10-12-5-3-4-6-12/h7-9,12,16H,3-6,10H2,1-2H3,(H,17,18). The number of benzene rings is 1. The highest BCUT2D eigenvalue weighted by Crippen LogP contribution is 2.24. The van der Waals surface area contributed by atoms with Crippen LogP contribution in [0.1, 0.15) is 41.6 Å². The summed E-state index contributed by atoms with van der Waals surface area (Å²) >= 11 is 0. The quantitative estimate of drug-likeness (QED) is 0.857. The van der Waals surface area contributed by atoms with E-state index in [0.717, 1.165) is 23.4 Å². The van der Waals surface area contributed by atoms with Crippen LogP contribution in [-0.2, 0) is 0 Å². The predicted molar refractivity (Wildman–Crippen MR) is 75.0 cm³/mol. The van der Waals surface area contributed by atoms with Gasteiger partial charge in [0.25, 0.3) is 5.91 Å². The molecular weight excluding hydrogens is 224 g/mol. The van der Waals surface area contributed by atoms with Gasteiger partial charge in [0, 0.05) is 24.8 Å². The minimum Gasteiger partial charge on any atom is -0.388 e. The van der Waals surface area contributed by atoms with Gasteiger partial charge in [-0.2, -0.15) is 0 Å². The summed E-state index contributed by atoms with van der Waals surface area (Å²) in [5, 5.41) is 6.14. The second kappa shape index (κ2) is 5.89. The molecule has 2 rings (SSSR count). The Morgan fingerprint density at radius 3 is 2.67 bits per heavy atom. The molecule has 0 saturated heterocycles. The molecule has 1 amide bonds. The highest BCUT2D eigenvalue weighted by molar-refractivity contribution is 5.96. The van der Waals surface area contributed by atoms with Crippen LogP contribution in [0.3, 0.4) is 0 Å². The third kappa shape index (κ3) is 3.03. The number of carbonyl (C=O) groups is 1. The van der Waals surface area contributed by atoms with Crippen LogP contribution in [0.2, 0.25) is 0 Å². The third-order valence-corrected chi connectivity index (χ3v) is 3.79. The van der Waals surface area contributed by atoms with Crippen molar-refractivity contribution in [2.75, 3.05) is 18.9 Å². The summed E-state index contributed by atoms with van der Waals surface area (Å²) in [5.41, 5.74) is 2.85. The first kappa shape index (κ1) is 12.9. The van der Waals surface area contributed by atoms with Crippen LogP contribution in [-0.4, -0.2) is 19.5 Å². The zero-order valence-corrected chi connectivity index (χ0v) is 11.3. The van der Waals surface area contributed by atoms with Crippen molar-refractivity contribution in [3.8, 4) is 0 Å². The number of rotatable bonds is 4. The van der Waals surface area contributed by atoms with E-state index in [2.05, 4.69) is 10.6 Å². The number of anilines is 1. The van der Waals surface area contributed by atoms with Crippen LogP contribution >= 0.6 is 0 Å². The van der Waals surface area contributed by atoms with E-state index < -0.39 is 0 Å². The largest absolute Gasteiger partial charge is 0.388 e. The summed E-state index contributed by atoms with van der Waals surface area (Å²) in [6.45, 7) is 2.80. The molecule has 98 valence electrons. The van der Waals surface area contributed by atoms with Gasteiger partial charge in [-0.25, -0.2) is 0 Å². The van der Waals surface area contributed by atoms with E-state index in [1.807, 2.05) is 32.2 Å². The Labute approximate surface area is 109 Å². The van der Waals surface area contributed by atoms with Crippen LogP contribution < -0.4 is 10.6 Å². The Morgan fingerprint density at radius 2 is 2.06 bits per heavy atom. The minimum absolute atomic E-state index is 0.0575. The second-order valence-electron chi connectivity index (χ2n) is 5.14. The molecule has 0 heterocycles. The first-order valence-electron chi connectivity index (χ1n) is 6.77. The van der Waals surface area contributed by atoms with Crippen molar-refractivity contribution in [3.63, 3.8) is 0 Å². The Hall–Kier alpha value is -1.51. The van der Waals surface area contributed by atoms with E-state index in [1.54, 1.807) is 0 Å². The van der Waals surface area contributed by atoms with Crippen molar-refractivity contribution in [2.24, 2.45) is 5.92 Å². The van der Waals surface area contributed by atoms with E-state index in [0.29, 0.717) is 5.92 Å². The normalized spacial score (nSPS) is 15.7. The molecule has 2 N–H and O–H groups in total. The van der Waals surface area contributed by atoms with E-state index in [9.17, 15) is 4.79 Å². The zero-order chi connectivity index (χ0) is 13.0. The molecule has 0 unspecified atom stereocenters. The lowest BCUT2D eigenvalue weighted by molar-refractivity contribution is 0.0947. The van der Waals surface area contributed by atoms with Crippen molar-refractivity contribution in [1.82, 2.24) is 5.32 Å². The van der Waals surface area contributed by atoms with Crippen molar-refractivity contribution in [2.45, 2.75) is 32.6 Å². The molecule has 1 aromatic carbocycles. The molecule has 1 fully saturated rings. The predicted octanol–water partition coefficient (Wildman–Crippen LogP) is 2.96. The summed E-state index contributed by atoms with van der Waals surface area (Å²) in [7, 11) is 1.88. The van der Waals surface area contributed by atoms with Gasteiger partial charge >= 0.3 is 0 Å². The molecule has 0 bridgehead atoms. The van der Waals surface area contributed by atoms with E-state index in [4.69, 9.17) is 0 Å². The van der Waals surface area contributed by atoms with Gasteiger partial charge in [0.15, 0.2) is 0 Å². The monoisotopic (exact) mass is 246 g/mol. The van der Waals surface area contributed by atoms with Crippen molar-refractivity contribution in [1.29, 1.82) is 0 Å². The van der Waals surface area contributed by atoms with Gasteiger partial charge in [0.05, 0.1) is 0 Å². The Balaban J connectivity index is 1.95. The first-order valence-corrected chi connectivity index (χ1v) is 6.77. The van der Waals surface area contributed by atoms with Crippen molar-refractivity contribution >= 4 is 11.6 Å². The van der Waals surface area contributed by atoms with Crippen LogP contribution in [0.25, 0.3) is 0 Å². The van der Waals surface area contributed by atoms with Gasteiger partial charge in [-0.3, -0.25) is 4.79 Å². The van der Waals surface area contributed by atoms with E-state index in [1.165, 1.54) is 25.7 Å². The van der Waals surface area contributed by atoms with Gasteiger partial charge in [0.2, 0.25) is 0 Å². The van der Waals surface area contributed by atoms with Crippen molar-refractivity contribution in [3.05, 3.63) is 29.3 Å². The Morgan fingerprint density at radius 1 is 1.33 bits per heavy atom. The Bertz CT molecular complexity index is 423. The van der Waals surface area contributed by atoms with Crippen LogP contribution in [0, 0.1) is 12.8 Å². The molecule has 1 aliphatic carbocycles. The van der Waals surface area contributed by atoms with Gasteiger partial charge in [-0.05, 0) is 49.4 Å². The number of nitrogens with one attached hydrogen (secondary N) is 2. The lowest BCUT2D eigenvalue weighted by Crippen LogP contribution is -2.28. The molecular formula is C15H22N2O. The smallest absolute Gasteiger partial charge is 0.251 e. The molecule has 0 radical (unpaired) electrons. The molecule has 1 aromatic rings. The fourth-order valence-electron chi connectivity index (χ4n) is 2.62. The highest BCUT2D eigenvalue weighted by atomic mass is 16.1. The average molecular weight is 246 g/mol. The van der Waals surface area contributed by atoms with Crippen molar-refractivity contribution < 1.29 is 4.79 Å². The molecule has 0 aliphatic heterocycles. The minimum atomic E-state index is 0.0575. The van der Waals surface area contributed by atoms with Gasteiger partial charge < -0.3 is 10.6 Å².